The van der Waals surface area contributed by atoms with Crippen molar-refractivity contribution in [2.24, 2.45) is 0 Å². The number of aromatic nitrogens is 2. The number of benzene rings is 2. The number of thioether (sulfide) groups is 1. The third-order valence-electron chi connectivity index (χ3n) is 3.76. The number of hydrogen-bond acceptors (Lipinski definition) is 6. The molecule has 0 radical (unpaired) electrons. The van der Waals surface area contributed by atoms with E-state index < -0.39 is 0 Å². The van der Waals surface area contributed by atoms with Crippen LogP contribution in [0.4, 0.5) is 0 Å². The number of ketones is 1. The number of ether oxygens (including phenoxy) is 1. The normalized spacial score (nSPS) is 10.7. The van der Waals surface area contributed by atoms with E-state index in [1.165, 1.54) is 11.8 Å². The van der Waals surface area contributed by atoms with E-state index in [1.807, 2.05) is 55.5 Å². The van der Waals surface area contributed by atoms with Crippen LogP contribution < -0.4 is 4.74 Å². The number of rotatable bonds is 9. The van der Waals surface area contributed by atoms with E-state index in [4.69, 9.17) is 9.15 Å². The van der Waals surface area contributed by atoms with Crippen LogP contribution in [0.1, 0.15) is 30.1 Å². The summed E-state index contributed by atoms with van der Waals surface area (Å²) < 4.78 is 12.3. The number of halogens is 1. The molecule has 27 heavy (non-hydrogen) atoms. The van der Waals surface area contributed by atoms with Crippen molar-refractivity contribution < 1.29 is 13.9 Å². The van der Waals surface area contributed by atoms with Gasteiger partial charge in [0.25, 0.3) is 11.1 Å². The molecule has 5 nitrogen and oxygen atoms in total. The van der Waals surface area contributed by atoms with Crippen LogP contribution >= 0.6 is 27.7 Å². The fraction of sp³-hybridized carbons (Fsp3) is 0.250. The van der Waals surface area contributed by atoms with E-state index in [1.54, 1.807) is 0 Å². The van der Waals surface area contributed by atoms with Gasteiger partial charge in [-0.05, 0) is 37.6 Å². The summed E-state index contributed by atoms with van der Waals surface area (Å²) in [5.41, 5.74) is 1.51. The second-order valence-electron chi connectivity index (χ2n) is 5.68. The van der Waals surface area contributed by atoms with Gasteiger partial charge >= 0.3 is 0 Å². The smallest absolute Gasteiger partial charge is 0.276 e. The first-order valence-corrected chi connectivity index (χ1v) is 10.4. The van der Waals surface area contributed by atoms with Gasteiger partial charge in [0.1, 0.15) is 5.75 Å². The molecular formula is C20H19BrN2O3S. The number of Topliss-reactive ketones (excluding diaryl/α,β-unsaturated/α-hetero) is 1. The number of carbonyl (C=O) groups excluding carboxylic acids is 1. The Hall–Kier alpha value is -2.12. The van der Waals surface area contributed by atoms with E-state index in [-0.39, 0.29) is 5.78 Å². The van der Waals surface area contributed by atoms with Gasteiger partial charge < -0.3 is 9.15 Å². The molecule has 1 heterocycles. The van der Waals surface area contributed by atoms with Crippen LogP contribution in [0.5, 0.6) is 5.75 Å². The van der Waals surface area contributed by atoms with E-state index in [9.17, 15) is 4.79 Å². The second-order valence-corrected chi connectivity index (χ2v) is 7.65. The minimum Gasteiger partial charge on any atom is -0.493 e. The largest absolute Gasteiger partial charge is 0.493 e. The van der Waals surface area contributed by atoms with Crippen LogP contribution in [-0.2, 0) is 0 Å². The van der Waals surface area contributed by atoms with Gasteiger partial charge in [0.15, 0.2) is 5.78 Å². The molecule has 0 aliphatic rings. The molecule has 140 valence electrons. The Labute approximate surface area is 170 Å². The first-order chi connectivity index (χ1) is 13.2. The Kier molecular flexibility index (Phi) is 7.06. The number of carbonyl (C=O) groups is 1. The van der Waals surface area contributed by atoms with Crippen molar-refractivity contribution in [2.45, 2.75) is 25.0 Å². The van der Waals surface area contributed by atoms with Crippen LogP contribution in [0.15, 0.2) is 62.6 Å². The van der Waals surface area contributed by atoms with Gasteiger partial charge in [-0.1, -0.05) is 52.0 Å². The van der Waals surface area contributed by atoms with Gasteiger partial charge in [0, 0.05) is 22.2 Å². The predicted molar refractivity (Wildman–Crippen MR) is 109 cm³/mol. The van der Waals surface area contributed by atoms with Gasteiger partial charge in [0.2, 0.25) is 0 Å². The van der Waals surface area contributed by atoms with Crippen molar-refractivity contribution in [3.8, 4) is 17.2 Å². The first-order valence-electron chi connectivity index (χ1n) is 8.64. The molecule has 0 aliphatic heterocycles. The van der Waals surface area contributed by atoms with Gasteiger partial charge in [-0.25, -0.2) is 0 Å². The van der Waals surface area contributed by atoms with Crippen molar-refractivity contribution in [1.82, 2.24) is 10.2 Å². The maximum absolute atomic E-state index is 12.2. The van der Waals surface area contributed by atoms with Crippen LogP contribution in [0.2, 0.25) is 0 Å². The van der Waals surface area contributed by atoms with Gasteiger partial charge in [-0.3, -0.25) is 4.79 Å². The summed E-state index contributed by atoms with van der Waals surface area (Å²) in [4.78, 5) is 12.2. The minimum atomic E-state index is 0.139. The highest BCUT2D eigenvalue weighted by Gasteiger charge is 2.14. The minimum absolute atomic E-state index is 0.139. The summed E-state index contributed by atoms with van der Waals surface area (Å²) in [6, 6.07) is 15.0. The van der Waals surface area contributed by atoms with Crippen molar-refractivity contribution in [2.75, 3.05) is 12.4 Å². The highest BCUT2D eigenvalue weighted by molar-refractivity contribution is 9.10. The molecule has 0 aliphatic carbocycles. The zero-order valence-electron chi connectivity index (χ0n) is 14.9. The Balaban J connectivity index is 1.51. The van der Waals surface area contributed by atoms with E-state index in [0.29, 0.717) is 24.1 Å². The molecule has 0 atom stereocenters. The maximum atomic E-state index is 12.2. The summed E-state index contributed by atoms with van der Waals surface area (Å²) in [7, 11) is 0. The van der Waals surface area contributed by atoms with Gasteiger partial charge in [-0.2, -0.15) is 0 Å². The monoisotopic (exact) mass is 446 g/mol. The molecule has 0 amide bonds. The Morgan fingerprint density at radius 1 is 1.15 bits per heavy atom. The molecule has 0 bridgehead atoms. The van der Waals surface area contributed by atoms with Crippen LogP contribution in [0.25, 0.3) is 11.5 Å². The SMILES string of the molecule is CCOc1ccccc1-c1nnc(SCCCC(=O)c2ccc(Br)cc2)o1. The molecule has 0 fully saturated rings. The molecular weight excluding hydrogens is 428 g/mol. The molecule has 0 saturated carbocycles. The van der Waals surface area contributed by atoms with E-state index in [2.05, 4.69) is 26.1 Å². The van der Waals surface area contributed by atoms with Crippen molar-refractivity contribution in [3.63, 3.8) is 0 Å². The predicted octanol–water partition coefficient (Wildman–Crippen LogP) is 5.65. The zero-order chi connectivity index (χ0) is 19.1. The number of nitrogens with zero attached hydrogens (tertiary/aromatic N) is 2. The molecule has 0 N–H and O–H groups in total. The Morgan fingerprint density at radius 2 is 1.93 bits per heavy atom. The summed E-state index contributed by atoms with van der Waals surface area (Å²) >= 11 is 4.82. The topological polar surface area (TPSA) is 65.2 Å². The fourth-order valence-corrected chi connectivity index (χ4v) is 3.44. The quantitative estimate of drug-likeness (QED) is 0.240. The molecule has 3 rings (SSSR count). The van der Waals surface area contributed by atoms with E-state index in [0.717, 1.165) is 33.5 Å². The molecule has 2 aromatic carbocycles. The van der Waals surface area contributed by atoms with Crippen molar-refractivity contribution in [3.05, 3.63) is 58.6 Å². The van der Waals surface area contributed by atoms with Crippen LogP contribution in [0.3, 0.4) is 0 Å². The van der Waals surface area contributed by atoms with Crippen LogP contribution in [0, 0.1) is 0 Å². The van der Waals surface area contributed by atoms with Gasteiger partial charge in [0.05, 0.1) is 12.2 Å². The molecule has 1 aromatic heterocycles. The summed E-state index contributed by atoms with van der Waals surface area (Å²) in [5, 5.41) is 8.68. The lowest BCUT2D eigenvalue weighted by molar-refractivity contribution is 0.0982. The highest BCUT2D eigenvalue weighted by atomic mass is 79.9. The zero-order valence-corrected chi connectivity index (χ0v) is 17.3. The summed E-state index contributed by atoms with van der Waals surface area (Å²) in [6.07, 6.45) is 1.23. The molecule has 7 heteroatoms. The fourth-order valence-electron chi connectivity index (χ4n) is 2.47. The molecule has 0 unspecified atom stereocenters. The average molecular weight is 447 g/mol. The Morgan fingerprint density at radius 3 is 2.70 bits per heavy atom. The third kappa shape index (κ3) is 5.43. The second kappa shape index (κ2) is 9.71. The molecule has 3 aromatic rings. The van der Waals surface area contributed by atoms with Crippen molar-refractivity contribution >= 4 is 33.5 Å². The average Bonchev–Trinajstić information content (AvgIpc) is 3.15. The molecule has 0 spiro atoms. The summed E-state index contributed by atoms with van der Waals surface area (Å²) in [6.45, 7) is 2.50. The lowest BCUT2D eigenvalue weighted by Crippen LogP contribution is -1.99. The lowest BCUT2D eigenvalue weighted by Gasteiger charge is -2.06. The first kappa shape index (κ1) is 19.6. The number of hydrogen-bond donors (Lipinski definition) is 0. The molecule has 0 saturated heterocycles. The number of para-hydroxylation sites is 1. The maximum Gasteiger partial charge on any atom is 0.276 e. The van der Waals surface area contributed by atoms with Crippen molar-refractivity contribution in [1.29, 1.82) is 0 Å². The summed E-state index contributed by atoms with van der Waals surface area (Å²) in [5.74, 6) is 2.03. The highest BCUT2D eigenvalue weighted by Crippen LogP contribution is 2.30. The van der Waals surface area contributed by atoms with Gasteiger partial charge in [-0.15, -0.1) is 10.2 Å². The van der Waals surface area contributed by atoms with E-state index >= 15 is 0 Å². The Bertz CT molecular complexity index is 896. The third-order valence-corrected chi connectivity index (χ3v) is 5.20. The lowest BCUT2D eigenvalue weighted by atomic mass is 10.1. The van der Waals surface area contributed by atoms with Crippen LogP contribution in [-0.4, -0.2) is 28.3 Å². The standard InChI is InChI=1S/C20H19BrN2O3S/c1-2-25-18-8-4-3-6-16(18)19-22-23-20(26-19)27-13-5-7-17(24)14-9-11-15(21)12-10-14/h3-4,6,8-12H,2,5,7,13H2,1H3.